The van der Waals surface area contributed by atoms with Gasteiger partial charge in [0.05, 0.1) is 17.7 Å². The number of carbonyl (C=O) groups is 1. The third kappa shape index (κ3) is 6.31. The Bertz CT molecular complexity index is 1180. The zero-order valence-corrected chi connectivity index (χ0v) is 21.1. The van der Waals surface area contributed by atoms with E-state index in [2.05, 4.69) is 43.5 Å². The Morgan fingerprint density at radius 2 is 1.81 bits per heavy atom. The molecule has 0 saturated carbocycles. The van der Waals surface area contributed by atoms with Crippen molar-refractivity contribution in [3.63, 3.8) is 0 Å². The van der Waals surface area contributed by atoms with Gasteiger partial charge >= 0.3 is 0 Å². The van der Waals surface area contributed by atoms with Gasteiger partial charge in [-0.25, -0.2) is 4.39 Å². The van der Waals surface area contributed by atoms with E-state index in [1.165, 1.54) is 17.7 Å². The van der Waals surface area contributed by atoms with Gasteiger partial charge in [-0.2, -0.15) is 0 Å². The Morgan fingerprint density at radius 3 is 2.53 bits per heavy atom. The van der Waals surface area contributed by atoms with Crippen LogP contribution in [0.3, 0.4) is 0 Å². The summed E-state index contributed by atoms with van der Waals surface area (Å²) in [5, 5.41) is 17.6. The minimum atomic E-state index is -0.898. The fourth-order valence-corrected chi connectivity index (χ4v) is 4.75. The van der Waals surface area contributed by atoms with Gasteiger partial charge in [0, 0.05) is 24.6 Å². The second-order valence-electron chi connectivity index (χ2n) is 10.1. The van der Waals surface area contributed by atoms with Gasteiger partial charge < -0.3 is 20.5 Å². The lowest BCUT2D eigenvalue weighted by molar-refractivity contribution is 0.0582. The molecule has 5 nitrogen and oxygen atoms in total. The molecule has 0 saturated heterocycles. The van der Waals surface area contributed by atoms with Crippen molar-refractivity contribution in [2.75, 3.05) is 6.54 Å². The number of benzene rings is 3. The third-order valence-corrected chi connectivity index (χ3v) is 6.71. The van der Waals surface area contributed by atoms with Crippen LogP contribution in [0.4, 0.5) is 4.39 Å². The van der Waals surface area contributed by atoms with Crippen molar-refractivity contribution >= 4 is 5.91 Å². The largest absolute Gasteiger partial charge is 0.487 e. The minimum Gasteiger partial charge on any atom is -0.487 e. The van der Waals surface area contributed by atoms with E-state index >= 15 is 0 Å². The number of amides is 1. The van der Waals surface area contributed by atoms with E-state index in [9.17, 15) is 14.3 Å². The Kier molecular flexibility index (Phi) is 8.07. The summed E-state index contributed by atoms with van der Waals surface area (Å²) < 4.78 is 20.4. The molecule has 0 unspecified atom stereocenters. The summed E-state index contributed by atoms with van der Waals surface area (Å²) in [5.41, 5.74) is 2.88. The standard InChI is InChI=1S/C30H35FN2O3/c1-4-20-14-15-28-23(16-20)26(18-30(2,3)36-28)32-19-27(34)25(17-21-10-6-5-7-11-21)33-29(35)22-12-8-9-13-24(22)31/h5-16,25-27,32,34H,4,17-19H2,1-3H3,(H,33,35)/t25-,26-,27+/m0/s1. The van der Waals surface area contributed by atoms with E-state index in [0.29, 0.717) is 6.42 Å². The van der Waals surface area contributed by atoms with Crippen LogP contribution in [-0.4, -0.2) is 35.3 Å². The summed E-state index contributed by atoms with van der Waals surface area (Å²) in [5.74, 6) is -0.281. The first kappa shape index (κ1) is 25.9. The van der Waals surface area contributed by atoms with Gasteiger partial charge in [0.25, 0.3) is 5.91 Å². The Hall–Kier alpha value is -3.22. The van der Waals surface area contributed by atoms with Gasteiger partial charge in [0.1, 0.15) is 17.2 Å². The van der Waals surface area contributed by atoms with Crippen LogP contribution in [-0.2, 0) is 12.8 Å². The van der Waals surface area contributed by atoms with Crippen LogP contribution in [0.15, 0.2) is 72.8 Å². The van der Waals surface area contributed by atoms with Gasteiger partial charge in [0.2, 0.25) is 0 Å². The van der Waals surface area contributed by atoms with Crippen molar-refractivity contribution in [3.8, 4) is 5.75 Å². The maximum Gasteiger partial charge on any atom is 0.254 e. The maximum atomic E-state index is 14.2. The number of aliphatic hydroxyl groups is 1. The number of halogens is 1. The number of hydrogen-bond acceptors (Lipinski definition) is 4. The fraction of sp³-hybridized carbons (Fsp3) is 0.367. The molecule has 0 spiro atoms. The lowest BCUT2D eigenvalue weighted by Gasteiger charge is -2.39. The summed E-state index contributed by atoms with van der Waals surface area (Å²) in [4.78, 5) is 12.9. The van der Waals surface area contributed by atoms with Crippen molar-refractivity contribution in [1.29, 1.82) is 0 Å². The van der Waals surface area contributed by atoms with E-state index in [1.807, 2.05) is 36.4 Å². The summed E-state index contributed by atoms with van der Waals surface area (Å²) in [6, 6.07) is 21.2. The summed E-state index contributed by atoms with van der Waals surface area (Å²) in [7, 11) is 0. The summed E-state index contributed by atoms with van der Waals surface area (Å²) in [6.07, 6.45) is 1.18. The summed E-state index contributed by atoms with van der Waals surface area (Å²) in [6.45, 7) is 6.49. The molecule has 3 aromatic rings. The van der Waals surface area contributed by atoms with E-state index < -0.39 is 23.9 Å². The smallest absolute Gasteiger partial charge is 0.254 e. The second kappa shape index (κ2) is 11.2. The number of nitrogens with one attached hydrogen (secondary N) is 2. The molecule has 1 heterocycles. The van der Waals surface area contributed by atoms with Gasteiger partial charge in [-0.1, -0.05) is 61.5 Å². The predicted molar refractivity (Wildman–Crippen MR) is 140 cm³/mol. The highest BCUT2D eigenvalue weighted by Crippen LogP contribution is 2.40. The molecule has 1 aliphatic heterocycles. The zero-order chi connectivity index (χ0) is 25.7. The number of aliphatic hydroxyl groups excluding tert-OH is 1. The molecule has 3 N–H and O–H groups in total. The number of aryl methyl sites for hydroxylation is 1. The summed E-state index contributed by atoms with van der Waals surface area (Å²) >= 11 is 0. The number of carbonyl (C=O) groups excluding carboxylic acids is 1. The monoisotopic (exact) mass is 490 g/mol. The molecule has 1 aliphatic rings. The molecule has 1 amide bonds. The molecule has 36 heavy (non-hydrogen) atoms. The molecule has 6 heteroatoms. The topological polar surface area (TPSA) is 70.6 Å². The van der Waals surface area contributed by atoms with Gasteiger partial charge in [-0.15, -0.1) is 0 Å². The molecule has 4 rings (SSSR count). The number of ether oxygens (including phenoxy) is 1. The molecule has 190 valence electrons. The molecular formula is C30H35FN2O3. The highest BCUT2D eigenvalue weighted by atomic mass is 19.1. The van der Waals surface area contributed by atoms with Crippen LogP contribution in [0.1, 0.15) is 60.3 Å². The minimum absolute atomic E-state index is 0.00968. The van der Waals surface area contributed by atoms with Crippen molar-refractivity contribution in [3.05, 3.63) is 101 Å². The SMILES string of the molecule is CCc1ccc2c(c1)[C@@H](NC[C@@H](O)[C@H](Cc1ccccc1)NC(=O)c1ccccc1F)CC(C)(C)O2. The van der Waals surface area contributed by atoms with Crippen molar-refractivity contribution < 1.29 is 19.0 Å². The number of rotatable bonds is 9. The van der Waals surface area contributed by atoms with Crippen LogP contribution < -0.4 is 15.4 Å². The Morgan fingerprint density at radius 1 is 1.08 bits per heavy atom. The highest BCUT2D eigenvalue weighted by Gasteiger charge is 2.34. The average Bonchev–Trinajstić information content (AvgIpc) is 2.86. The van der Waals surface area contributed by atoms with E-state index in [-0.39, 0.29) is 23.8 Å². The molecule has 0 aliphatic carbocycles. The first-order valence-electron chi connectivity index (χ1n) is 12.6. The molecule has 0 fully saturated rings. The predicted octanol–water partition coefficient (Wildman–Crippen LogP) is 4.98. The number of fused-ring (bicyclic) bond motifs is 1. The van der Waals surface area contributed by atoms with Gasteiger partial charge in [-0.05, 0) is 56.0 Å². The normalized spacial score (nSPS) is 18.0. The van der Waals surface area contributed by atoms with Crippen LogP contribution in [0.25, 0.3) is 0 Å². The molecule has 3 atom stereocenters. The lowest BCUT2D eigenvalue weighted by atomic mass is 9.88. The van der Waals surface area contributed by atoms with Crippen LogP contribution in [0, 0.1) is 5.82 Å². The second-order valence-corrected chi connectivity index (χ2v) is 10.1. The van der Waals surface area contributed by atoms with Crippen molar-refractivity contribution in [2.45, 2.75) is 63.8 Å². The molecule has 0 radical (unpaired) electrons. The Balaban J connectivity index is 1.52. The van der Waals surface area contributed by atoms with E-state index in [1.54, 1.807) is 12.1 Å². The average molecular weight is 491 g/mol. The number of hydrogen-bond donors (Lipinski definition) is 3. The zero-order valence-electron chi connectivity index (χ0n) is 21.1. The third-order valence-electron chi connectivity index (χ3n) is 6.71. The van der Waals surface area contributed by atoms with E-state index in [4.69, 9.17) is 4.74 Å². The lowest BCUT2D eigenvalue weighted by Crippen LogP contribution is -2.50. The first-order valence-corrected chi connectivity index (χ1v) is 12.6. The van der Waals surface area contributed by atoms with Crippen molar-refractivity contribution in [2.24, 2.45) is 0 Å². The van der Waals surface area contributed by atoms with E-state index in [0.717, 1.165) is 29.7 Å². The van der Waals surface area contributed by atoms with Crippen LogP contribution in [0.5, 0.6) is 5.75 Å². The van der Waals surface area contributed by atoms with Crippen molar-refractivity contribution in [1.82, 2.24) is 10.6 Å². The first-order chi connectivity index (χ1) is 17.3. The maximum absolute atomic E-state index is 14.2. The van der Waals surface area contributed by atoms with Crippen LogP contribution >= 0.6 is 0 Å². The van der Waals surface area contributed by atoms with Crippen LogP contribution in [0.2, 0.25) is 0 Å². The van der Waals surface area contributed by atoms with Gasteiger partial charge in [0.15, 0.2) is 0 Å². The highest BCUT2D eigenvalue weighted by molar-refractivity contribution is 5.94. The Labute approximate surface area is 212 Å². The van der Waals surface area contributed by atoms with Gasteiger partial charge in [-0.3, -0.25) is 4.79 Å². The fourth-order valence-electron chi connectivity index (χ4n) is 4.75. The molecular weight excluding hydrogens is 455 g/mol. The molecule has 0 bridgehead atoms. The quantitative estimate of drug-likeness (QED) is 0.396. The molecule has 0 aromatic heterocycles. The molecule has 3 aromatic carbocycles.